The van der Waals surface area contributed by atoms with Crippen LogP contribution >= 0.6 is 23.4 Å². The van der Waals surface area contributed by atoms with E-state index in [0.29, 0.717) is 22.7 Å². The van der Waals surface area contributed by atoms with E-state index >= 15 is 0 Å². The van der Waals surface area contributed by atoms with Gasteiger partial charge < -0.3 is 20.0 Å². The summed E-state index contributed by atoms with van der Waals surface area (Å²) in [6, 6.07) is 14.3. The molecule has 7 nitrogen and oxygen atoms in total. The van der Waals surface area contributed by atoms with Gasteiger partial charge in [-0.2, -0.15) is 0 Å². The van der Waals surface area contributed by atoms with Crippen LogP contribution in [-0.2, 0) is 14.4 Å². The number of aliphatic hydroxyl groups excluding tert-OH is 1. The number of para-hydroxylation sites is 1. The van der Waals surface area contributed by atoms with E-state index in [1.807, 2.05) is 25.1 Å². The SMILES string of the molecule is C=CCN(C(=O)C1N([C@H](CO)c2ccccc2)C(=O)[C@@H]2[C@@H](C(=O)O)[C@H]3CC(C)C12S3)c1ccccc1Cl. The lowest BCUT2D eigenvalue weighted by atomic mass is 9.66. The third kappa shape index (κ3) is 3.80. The Bertz CT molecular complexity index is 1240. The normalized spacial score (nSPS) is 30.7. The molecule has 194 valence electrons. The highest BCUT2D eigenvalue weighted by Crippen LogP contribution is 2.69. The molecular weight excluding hydrogens is 512 g/mol. The molecule has 0 aromatic heterocycles. The van der Waals surface area contributed by atoms with Gasteiger partial charge in [-0.1, -0.05) is 67.1 Å². The molecule has 3 saturated heterocycles. The highest BCUT2D eigenvalue weighted by atomic mass is 35.5. The predicted octanol–water partition coefficient (Wildman–Crippen LogP) is 4.01. The smallest absolute Gasteiger partial charge is 0.308 e. The molecule has 2 N–H and O–H groups in total. The fourth-order valence-corrected chi connectivity index (χ4v) is 9.27. The fourth-order valence-electron chi connectivity index (χ4n) is 6.64. The quantitative estimate of drug-likeness (QED) is 0.491. The summed E-state index contributed by atoms with van der Waals surface area (Å²) in [4.78, 5) is 44.3. The number of carbonyl (C=O) groups excluding carboxylic acids is 2. The van der Waals surface area contributed by atoms with Crippen LogP contribution in [0.3, 0.4) is 0 Å². The third-order valence-electron chi connectivity index (χ3n) is 8.12. The Hall–Kier alpha value is -2.81. The second kappa shape index (κ2) is 9.82. The zero-order valence-electron chi connectivity index (χ0n) is 20.4. The van der Waals surface area contributed by atoms with Crippen molar-refractivity contribution < 1.29 is 24.6 Å². The van der Waals surface area contributed by atoms with E-state index in [0.717, 1.165) is 0 Å². The van der Waals surface area contributed by atoms with Crippen molar-refractivity contribution in [3.63, 3.8) is 0 Å². The van der Waals surface area contributed by atoms with Crippen molar-refractivity contribution in [1.29, 1.82) is 0 Å². The van der Waals surface area contributed by atoms with Crippen LogP contribution in [0.2, 0.25) is 5.02 Å². The zero-order chi connectivity index (χ0) is 26.5. The van der Waals surface area contributed by atoms with E-state index in [2.05, 4.69) is 6.58 Å². The number of aliphatic hydroxyl groups is 1. The molecule has 7 atom stereocenters. The first kappa shape index (κ1) is 25.8. The van der Waals surface area contributed by atoms with Gasteiger partial charge in [0.2, 0.25) is 5.91 Å². The molecule has 2 aromatic rings. The Balaban J connectivity index is 1.70. The number of hydrogen-bond acceptors (Lipinski definition) is 5. The van der Waals surface area contributed by atoms with E-state index in [-0.39, 0.29) is 23.6 Å². The fraction of sp³-hybridized carbons (Fsp3) is 0.393. The van der Waals surface area contributed by atoms with Crippen LogP contribution in [0.25, 0.3) is 0 Å². The first-order valence-electron chi connectivity index (χ1n) is 12.3. The number of carbonyl (C=O) groups is 3. The van der Waals surface area contributed by atoms with Crippen molar-refractivity contribution in [2.24, 2.45) is 17.8 Å². The molecule has 2 bridgehead atoms. The molecule has 3 fully saturated rings. The van der Waals surface area contributed by atoms with Crippen LogP contribution in [0.4, 0.5) is 5.69 Å². The lowest BCUT2D eigenvalue weighted by Gasteiger charge is -2.42. The molecule has 3 aliphatic rings. The minimum Gasteiger partial charge on any atom is -0.481 e. The first-order chi connectivity index (χ1) is 17.8. The van der Waals surface area contributed by atoms with Crippen LogP contribution in [-0.4, -0.2) is 62.1 Å². The van der Waals surface area contributed by atoms with E-state index in [9.17, 15) is 24.6 Å². The van der Waals surface area contributed by atoms with Gasteiger partial charge in [0.25, 0.3) is 5.91 Å². The summed E-state index contributed by atoms with van der Waals surface area (Å²) in [6.07, 6.45) is 2.20. The van der Waals surface area contributed by atoms with E-state index in [4.69, 9.17) is 11.6 Å². The summed E-state index contributed by atoms with van der Waals surface area (Å²) in [5.74, 6) is -3.62. The number of amides is 2. The van der Waals surface area contributed by atoms with Crippen molar-refractivity contribution >= 4 is 46.8 Å². The molecule has 2 amide bonds. The van der Waals surface area contributed by atoms with Crippen molar-refractivity contribution in [2.45, 2.75) is 35.4 Å². The lowest BCUT2D eigenvalue weighted by molar-refractivity contribution is -0.149. The zero-order valence-corrected chi connectivity index (χ0v) is 21.9. The molecule has 9 heteroatoms. The number of carboxylic acid groups (broad SMARTS) is 1. The molecule has 0 radical (unpaired) electrons. The number of carboxylic acids is 1. The Morgan fingerprint density at radius 3 is 2.54 bits per heavy atom. The van der Waals surface area contributed by atoms with Gasteiger partial charge in [0.15, 0.2) is 0 Å². The monoisotopic (exact) mass is 540 g/mol. The average Bonchev–Trinajstić information content (AvgIpc) is 3.48. The van der Waals surface area contributed by atoms with Gasteiger partial charge in [0.05, 0.1) is 39.9 Å². The predicted molar refractivity (Wildman–Crippen MR) is 143 cm³/mol. The number of aliphatic carboxylic acids is 1. The van der Waals surface area contributed by atoms with Crippen LogP contribution in [0.5, 0.6) is 0 Å². The molecule has 3 unspecified atom stereocenters. The Kier molecular flexibility index (Phi) is 6.85. The second-order valence-corrected chi connectivity index (χ2v) is 11.9. The highest BCUT2D eigenvalue weighted by molar-refractivity contribution is 8.02. The summed E-state index contributed by atoms with van der Waals surface area (Å²) in [5, 5.41) is 20.8. The van der Waals surface area contributed by atoms with Gasteiger partial charge >= 0.3 is 5.97 Å². The number of nitrogens with zero attached hydrogens (tertiary/aromatic N) is 2. The first-order valence-corrected chi connectivity index (χ1v) is 13.6. The molecule has 5 rings (SSSR count). The van der Waals surface area contributed by atoms with E-state index in [1.165, 1.54) is 21.6 Å². The van der Waals surface area contributed by atoms with Crippen LogP contribution in [0.15, 0.2) is 67.3 Å². The molecule has 37 heavy (non-hydrogen) atoms. The molecule has 1 spiro atoms. The average molecular weight is 541 g/mol. The molecule has 3 heterocycles. The summed E-state index contributed by atoms with van der Waals surface area (Å²) in [5.41, 5.74) is 1.17. The largest absolute Gasteiger partial charge is 0.481 e. The summed E-state index contributed by atoms with van der Waals surface area (Å²) in [7, 11) is 0. The standard InChI is InChI=1S/C28H29ClN2O5S/c1-3-13-30(19-12-8-7-11-18(19)29)26(34)24-28-16(2)14-21(37-28)22(27(35)36)23(28)25(33)31(24)20(15-32)17-9-5-4-6-10-17/h3-12,16,20-24,32H,1,13-15H2,2H3,(H,35,36)/t16?,20-,21-,22+,23+,24?,28?/m1/s1. The van der Waals surface area contributed by atoms with Crippen molar-refractivity contribution in [2.75, 3.05) is 18.1 Å². The second-order valence-electron chi connectivity index (χ2n) is 9.93. The van der Waals surface area contributed by atoms with Gasteiger partial charge in [0, 0.05) is 11.8 Å². The number of fused-ring (bicyclic) bond motifs is 1. The van der Waals surface area contributed by atoms with Gasteiger partial charge in [-0.05, 0) is 30.0 Å². The Morgan fingerprint density at radius 1 is 1.24 bits per heavy atom. The molecule has 2 aromatic carbocycles. The van der Waals surface area contributed by atoms with Gasteiger partial charge in [-0.15, -0.1) is 18.3 Å². The van der Waals surface area contributed by atoms with Crippen molar-refractivity contribution in [3.8, 4) is 0 Å². The lowest BCUT2D eigenvalue weighted by Crippen LogP contribution is -2.58. The topological polar surface area (TPSA) is 98.2 Å². The Labute approximate surface area is 225 Å². The molecular formula is C28H29ClN2O5S. The number of hydrogen-bond donors (Lipinski definition) is 2. The summed E-state index contributed by atoms with van der Waals surface area (Å²) < 4.78 is -0.940. The van der Waals surface area contributed by atoms with Crippen LogP contribution in [0, 0.1) is 17.8 Å². The molecule has 0 aliphatic carbocycles. The van der Waals surface area contributed by atoms with Crippen LogP contribution < -0.4 is 4.90 Å². The van der Waals surface area contributed by atoms with E-state index in [1.54, 1.807) is 42.5 Å². The molecule has 0 saturated carbocycles. The minimum atomic E-state index is -1.02. The number of anilines is 1. The number of halogens is 1. The Morgan fingerprint density at radius 2 is 1.92 bits per heavy atom. The highest BCUT2D eigenvalue weighted by Gasteiger charge is 2.77. The number of thioether (sulfide) groups is 1. The van der Waals surface area contributed by atoms with Gasteiger partial charge in [-0.3, -0.25) is 14.4 Å². The van der Waals surface area contributed by atoms with E-state index < -0.39 is 47.1 Å². The minimum absolute atomic E-state index is 0.0852. The molecule has 3 aliphatic heterocycles. The van der Waals surface area contributed by atoms with Gasteiger partial charge in [0.1, 0.15) is 6.04 Å². The van der Waals surface area contributed by atoms with Crippen molar-refractivity contribution in [3.05, 3.63) is 77.8 Å². The maximum absolute atomic E-state index is 14.6. The van der Waals surface area contributed by atoms with Gasteiger partial charge in [-0.25, -0.2) is 0 Å². The third-order valence-corrected chi connectivity index (χ3v) is 10.5. The number of benzene rings is 2. The number of likely N-dealkylation sites (tertiary alicyclic amines) is 1. The maximum atomic E-state index is 14.6. The summed E-state index contributed by atoms with van der Waals surface area (Å²) in [6.45, 7) is 5.57. The van der Waals surface area contributed by atoms with Crippen LogP contribution in [0.1, 0.15) is 24.9 Å². The summed E-state index contributed by atoms with van der Waals surface area (Å²) >= 11 is 7.97. The van der Waals surface area contributed by atoms with Crippen molar-refractivity contribution in [1.82, 2.24) is 4.90 Å². The maximum Gasteiger partial charge on any atom is 0.308 e. The number of rotatable bonds is 8.